The van der Waals surface area contributed by atoms with Gasteiger partial charge in [-0.15, -0.1) is 0 Å². The van der Waals surface area contributed by atoms with E-state index in [1.165, 1.54) is 17.9 Å². The van der Waals surface area contributed by atoms with Crippen LogP contribution in [-0.4, -0.2) is 29.8 Å². The first-order valence-electron chi connectivity index (χ1n) is 6.40. The fraction of sp³-hybridized carbons (Fsp3) is 0.571. The van der Waals surface area contributed by atoms with Crippen molar-refractivity contribution in [2.45, 2.75) is 31.0 Å². The van der Waals surface area contributed by atoms with Gasteiger partial charge < -0.3 is 9.47 Å². The largest absolute Gasteiger partial charge is 0.490 e. The van der Waals surface area contributed by atoms with E-state index in [2.05, 4.69) is 0 Å². The third kappa shape index (κ3) is 2.64. The molecule has 2 saturated heterocycles. The molecule has 0 aliphatic carbocycles. The molecule has 2 fully saturated rings. The van der Waals surface area contributed by atoms with Crippen LogP contribution in [0.25, 0.3) is 0 Å². The van der Waals surface area contributed by atoms with Crippen molar-refractivity contribution < 1.29 is 13.9 Å². The second kappa shape index (κ2) is 5.10. The number of rotatable bonds is 2. The zero-order valence-electron chi connectivity index (χ0n) is 10.2. The zero-order valence-corrected chi connectivity index (χ0v) is 11.0. The molecule has 2 nitrogen and oxygen atoms in total. The third-order valence-electron chi connectivity index (χ3n) is 3.63. The average molecular weight is 268 g/mol. The van der Waals surface area contributed by atoms with Gasteiger partial charge >= 0.3 is 0 Å². The van der Waals surface area contributed by atoms with Crippen LogP contribution in [-0.2, 0) is 4.74 Å². The monoisotopic (exact) mass is 268 g/mol. The maximum atomic E-state index is 12.8. The van der Waals surface area contributed by atoms with Gasteiger partial charge in [0.25, 0.3) is 0 Å². The second-order valence-corrected chi connectivity index (χ2v) is 6.13. The smallest absolute Gasteiger partial charge is 0.123 e. The Morgan fingerprint density at radius 1 is 1.33 bits per heavy atom. The molecule has 2 aliphatic rings. The van der Waals surface area contributed by atoms with E-state index >= 15 is 0 Å². The highest BCUT2D eigenvalue weighted by molar-refractivity contribution is 7.99. The first kappa shape index (κ1) is 12.3. The molecular weight excluding hydrogens is 251 g/mol. The van der Waals surface area contributed by atoms with E-state index in [-0.39, 0.29) is 17.5 Å². The van der Waals surface area contributed by atoms with Crippen molar-refractivity contribution in [3.63, 3.8) is 0 Å². The average Bonchev–Trinajstić information content (AvgIpc) is 2.80. The predicted octanol–water partition coefficient (Wildman–Crippen LogP) is 3.26. The van der Waals surface area contributed by atoms with Crippen molar-refractivity contribution >= 4 is 11.8 Å². The molecule has 4 heteroatoms. The van der Waals surface area contributed by atoms with Gasteiger partial charge in [-0.05, 0) is 36.4 Å². The first-order valence-corrected chi connectivity index (χ1v) is 7.55. The Balaban J connectivity index is 1.64. The standard InChI is InChI=1S/C14H17FO2S/c15-11-1-3-12(4-2-11)17-13-5-7-16-14(9-13)6-8-18-10-14/h1-4,13H,5-10H2. The van der Waals surface area contributed by atoms with Crippen molar-refractivity contribution in [3.05, 3.63) is 30.1 Å². The third-order valence-corrected chi connectivity index (χ3v) is 4.85. The van der Waals surface area contributed by atoms with E-state index in [0.29, 0.717) is 0 Å². The van der Waals surface area contributed by atoms with E-state index in [9.17, 15) is 4.39 Å². The van der Waals surface area contributed by atoms with Crippen LogP contribution in [0.4, 0.5) is 4.39 Å². The number of benzene rings is 1. The van der Waals surface area contributed by atoms with Gasteiger partial charge in [0.2, 0.25) is 0 Å². The maximum Gasteiger partial charge on any atom is 0.123 e. The van der Waals surface area contributed by atoms with Crippen LogP contribution in [0.15, 0.2) is 24.3 Å². The minimum absolute atomic E-state index is 0.0353. The molecule has 2 aliphatic heterocycles. The van der Waals surface area contributed by atoms with Crippen LogP contribution in [0.1, 0.15) is 19.3 Å². The van der Waals surface area contributed by atoms with Gasteiger partial charge in [0, 0.05) is 18.6 Å². The van der Waals surface area contributed by atoms with E-state index < -0.39 is 0 Å². The van der Waals surface area contributed by atoms with Crippen LogP contribution in [0, 0.1) is 5.82 Å². The van der Waals surface area contributed by atoms with Gasteiger partial charge in [-0.1, -0.05) is 0 Å². The number of halogens is 1. The Morgan fingerprint density at radius 3 is 2.89 bits per heavy atom. The van der Waals surface area contributed by atoms with Gasteiger partial charge in [-0.2, -0.15) is 11.8 Å². The van der Waals surface area contributed by atoms with Gasteiger partial charge in [-0.3, -0.25) is 0 Å². The Hall–Kier alpha value is -0.740. The number of thioether (sulfide) groups is 1. The Bertz CT molecular complexity index is 401. The second-order valence-electron chi connectivity index (χ2n) is 5.02. The maximum absolute atomic E-state index is 12.8. The van der Waals surface area contributed by atoms with Crippen LogP contribution in [0.3, 0.4) is 0 Å². The molecule has 3 rings (SSSR count). The summed E-state index contributed by atoms with van der Waals surface area (Å²) in [6.45, 7) is 0.770. The van der Waals surface area contributed by atoms with Gasteiger partial charge in [0.05, 0.1) is 12.2 Å². The Labute approximate surface area is 111 Å². The first-order chi connectivity index (χ1) is 8.76. The number of hydrogen-bond acceptors (Lipinski definition) is 3. The lowest BCUT2D eigenvalue weighted by Crippen LogP contribution is -2.43. The number of ether oxygens (including phenoxy) is 2. The molecule has 1 aromatic carbocycles. The Kier molecular flexibility index (Phi) is 3.48. The normalized spacial score (nSPS) is 31.7. The molecule has 0 bridgehead atoms. The lowest BCUT2D eigenvalue weighted by Gasteiger charge is -2.37. The van der Waals surface area contributed by atoms with Crippen molar-refractivity contribution in [3.8, 4) is 5.75 Å². The molecule has 2 heterocycles. The summed E-state index contributed by atoms with van der Waals surface area (Å²) in [6.07, 6.45) is 3.20. The highest BCUT2D eigenvalue weighted by Crippen LogP contribution is 2.39. The van der Waals surface area contributed by atoms with Crippen LogP contribution in [0.2, 0.25) is 0 Å². The SMILES string of the molecule is Fc1ccc(OC2CCOC3(CCSC3)C2)cc1. The molecule has 18 heavy (non-hydrogen) atoms. The summed E-state index contributed by atoms with van der Waals surface area (Å²) in [6, 6.07) is 6.27. The highest BCUT2D eigenvalue weighted by Gasteiger charge is 2.41. The molecule has 0 saturated carbocycles. The summed E-state index contributed by atoms with van der Waals surface area (Å²) >= 11 is 1.96. The summed E-state index contributed by atoms with van der Waals surface area (Å²) in [5, 5.41) is 0. The lowest BCUT2D eigenvalue weighted by atomic mass is 9.91. The molecular formula is C14H17FO2S. The van der Waals surface area contributed by atoms with Crippen LogP contribution < -0.4 is 4.74 Å². The molecule has 0 amide bonds. The summed E-state index contributed by atoms with van der Waals surface area (Å²) in [7, 11) is 0. The fourth-order valence-electron chi connectivity index (χ4n) is 2.65. The molecule has 0 aromatic heterocycles. The van der Waals surface area contributed by atoms with Gasteiger partial charge in [0.1, 0.15) is 17.7 Å². The summed E-state index contributed by atoms with van der Waals surface area (Å²) in [5.74, 6) is 2.79. The zero-order chi connectivity index (χ0) is 12.4. The predicted molar refractivity (Wildman–Crippen MR) is 70.7 cm³/mol. The quantitative estimate of drug-likeness (QED) is 0.820. The molecule has 1 spiro atoms. The fourth-order valence-corrected chi connectivity index (χ4v) is 4.03. The molecule has 0 radical (unpaired) electrons. The van der Waals surface area contributed by atoms with Crippen molar-refractivity contribution in [2.24, 2.45) is 0 Å². The topological polar surface area (TPSA) is 18.5 Å². The van der Waals surface area contributed by atoms with Gasteiger partial charge in [-0.25, -0.2) is 4.39 Å². The summed E-state index contributed by atoms with van der Waals surface area (Å²) < 4.78 is 24.7. The van der Waals surface area contributed by atoms with E-state index in [0.717, 1.165) is 37.4 Å². The number of hydrogen-bond donors (Lipinski definition) is 0. The van der Waals surface area contributed by atoms with E-state index in [1.807, 2.05) is 11.8 Å². The molecule has 98 valence electrons. The molecule has 0 N–H and O–H groups in total. The van der Waals surface area contributed by atoms with Crippen molar-refractivity contribution in [1.82, 2.24) is 0 Å². The summed E-state index contributed by atoms with van der Waals surface area (Å²) in [5.41, 5.74) is 0.0353. The molecule has 2 unspecified atom stereocenters. The van der Waals surface area contributed by atoms with Gasteiger partial charge in [0.15, 0.2) is 0 Å². The van der Waals surface area contributed by atoms with E-state index in [4.69, 9.17) is 9.47 Å². The van der Waals surface area contributed by atoms with E-state index in [1.54, 1.807) is 12.1 Å². The minimum atomic E-state index is -0.224. The lowest BCUT2D eigenvalue weighted by molar-refractivity contribution is -0.0959. The minimum Gasteiger partial charge on any atom is -0.490 e. The van der Waals surface area contributed by atoms with Crippen LogP contribution in [0.5, 0.6) is 5.75 Å². The molecule has 2 atom stereocenters. The highest BCUT2D eigenvalue weighted by atomic mass is 32.2. The van der Waals surface area contributed by atoms with Crippen molar-refractivity contribution in [1.29, 1.82) is 0 Å². The van der Waals surface area contributed by atoms with Crippen molar-refractivity contribution in [2.75, 3.05) is 18.1 Å². The summed E-state index contributed by atoms with van der Waals surface area (Å²) in [4.78, 5) is 0. The molecule has 1 aromatic rings. The van der Waals surface area contributed by atoms with Crippen LogP contribution >= 0.6 is 11.8 Å². The Morgan fingerprint density at radius 2 is 2.17 bits per heavy atom.